The summed E-state index contributed by atoms with van der Waals surface area (Å²) in [6.45, 7) is 2.85. The van der Waals surface area contributed by atoms with E-state index >= 15 is 0 Å². The number of ether oxygens (including phenoxy) is 1. The summed E-state index contributed by atoms with van der Waals surface area (Å²) in [5.41, 5.74) is 5.21. The second-order valence-corrected chi connectivity index (χ2v) is 1.64. The van der Waals surface area contributed by atoms with E-state index in [1.807, 2.05) is 6.92 Å². The summed E-state index contributed by atoms with van der Waals surface area (Å²) >= 11 is 0. The molecule has 0 rings (SSSR count). The van der Waals surface area contributed by atoms with Crippen LogP contribution >= 0.6 is 0 Å². The van der Waals surface area contributed by atoms with Crippen LogP contribution in [0.1, 0.15) is 6.92 Å². The Morgan fingerprint density at radius 2 is 2.38 bits per heavy atom. The number of nitrogens with two attached hydrogens (primary N) is 1. The Morgan fingerprint density at radius 1 is 1.75 bits per heavy atom. The van der Waals surface area contributed by atoms with Crippen LogP contribution in [0.4, 0.5) is 0 Å². The molecule has 0 aliphatic rings. The molecule has 0 saturated carbocycles. The van der Waals surface area contributed by atoms with Gasteiger partial charge in [-0.3, -0.25) is 0 Å². The fraction of sp³-hybridized carbons (Fsp3) is 1.00. The zero-order valence-corrected chi connectivity index (χ0v) is 5.13. The molecular formula is C5H13NO2. The number of hydrogen-bond acceptors (Lipinski definition) is 3. The molecule has 0 aromatic carbocycles. The van der Waals surface area contributed by atoms with E-state index in [1.165, 1.54) is 0 Å². The van der Waals surface area contributed by atoms with Crippen LogP contribution in [-0.4, -0.2) is 31.0 Å². The van der Waals surface area contributed by atoms with Gasteiger partial charge in [0.15, 0.2) is 0 Å². The van der Waals surface area contributed by atoms with Crippen LogP contribution in [-0.2, 0) is 4.74 Å². The van der Waals surface area contributed by atoms with E-state index in [1.54, 1.807) is 0 Å². The molecule has 0 aliphatic carbocycles. The standard InChI is InChI=1S/C5H13NO2/c1-5(4-6)8-3-2-7/h5,7H,2-4,6H2,1H3/t5-/m1/s1. The molecule has 0 bridgehead atoms. The highest BCUT2D eigenvalue weighted by molar-refractivity contribution is 4.46. The van der Waals surface area contributed by atoms with Crippen molar-refractivity contribution >= 4 is 0 Å². The van der Waals surface area contributed by atoms with Gasteiger partial charge in [-0.15, -0.1) is 0 Å². The van der Waals surface area contributed by atoms with Crippen molar-refractivity contribution in [1.82, 2.24) is 0 Å². The number of rotatable bonds is 4. The van der Waals surface area contributed by atoms with E-state index < -0.39 is 0 Å². The molecule has 8 heavy (non-hydrogen) atoms. The van der Waals surface area contributed by atoms with E-state index in [0.717, 1.165) is 0 Å². The van der Waals surface area contributed by atoms with Crippen molar-refractivity contribution in [3.8, 4) is 0 Å². The quantitative estimate of drug-likeness (QED) is 0.516. The molecule has 0 fully saturated rings. The van der Waals surface area contributed by atoms with Gasteiger partial charge in [0.25, 0.3) is 0 Å². The topological polar surface area (TPSA) is 55.5 Å². The molecule has 1 atom stereocenters. The maximum Gasteiger partial charge on any atom is 0.0701 e. The van der Waals surface area contributed by atoms with E-state index in [-0.39, 0.29) is 12.7 Å². The van der Waals surface area contributed by atoms with E-state index in [2.05, 4.69) is 0 Å². The number of aliphatic hydroxyl groups excluding tert-OH is 1. The summed E-state index contributed by atoms with van der Waals surface area (Å²) in [5, 5.41) is 8.24. The highest BCUT2D eigenvalue weighted by Gasteiger charge is 1.94. The Morgan fingerprint density at radius 3 is 2.75 bits per heavy atom. The Balaban J connectivity index is 2.86. The van der Waals surface area contributed by atoms with Crippen molar-refractivity contribution in [2.24, 2.45) is 5.73 Å². The monoisotopic (exact) mass is 119 g/mol. The molecule has 3 N–H and O–H groups in total. The predicted octanol–water partition coefficient (Wildman–Crippen LogP) is -0.658. The molecular weight excluding hydrogens is 106 g/mol. The Hall–Kier alpha value is -0.120. The van der Waals surface area contributed by atoms with Crippen LogP contribution in [0.3, 0.4) is 0 Å². The largest absolute Gasteiger partial charge is 0.394 e. The van der Waals surface area contributed by atoms with Crippen molar-refractivity contribution < 1.29 is 9.84 Å². The lowest BCUT2D eigenvalue weighted by atomic mass is 10.4. The van der Waals surface area contributed by atoms with Gasteiger partial charge >= 0.3 is 0 Å². The molecule has 50 valence electrons. The predicted molar refractivity (Wildman–Crippen MR) is 31.6 cm³/mol. The minimum absolute atomic E-state index is 0.0714. The first-order valence-corrected chi connectivity index (χ1v) is 2.73. The molecule has 0 aromatic heterocycles. The maximum absolute atomic E-state index is 8.24. The maximum atomic E-state index is 8.24. The lowest BCUT2D eigenvalue weighted by Gasteiger charge is -2.07. The first-order chi connectivity index (χ1) is 3.81. The van der Waals surface area contributed by atoms with Gasteiger partial charge in [0.2, 0.25) is 0 Å². The summed E-state index contributed by atoms with van der Waals surface area (Å²) in [5.74, 6) is 0. The Kier molecular flexibility index (Phi) is 4.95. The second kappa shape index (κ2) is 5.03. The lowest BCUT2D eigenvalue weighted by Crippen LogP contribution is -2.21. The van der Waals surface area contributed by atoms with Crippen LogP contribution in [0, 0.1) is 0 Å². The zero-order chi connectivity index (χ0) is 6.41. The third-order valence-electron chi connectivity index (χ3n) is 0.826. The second-order valence-electron chi connectivity index (χ2n) is 1.64. The highest BCUT2D eigenvalue weighted by Crippen LogP contribution is 1.83. The smallest absolute Gasteiger partial charge is 0.0701 e. The summed E-state index contributed by atoms with van der Waals surface area (Å²) in [6, 6.07) is 0. The molecule has 0 spiro atoms. The SMILES string of the molecule is C[C@H](CN)OCCO. The first-order valence-electron chi connectivity index (χ1n) is 2.73. The molecule has 0 unspecified atom stereocenters. The van der Waals surface area contributed by atoms with Gasteiger partial charge < -0.3 is 15.6 Å². The van der Waals surface area contributed by atoms with Gasteiger partial charge in [0.1, 0.15) is 0 Å². The van der Waals surface area contributed by atoms with Gasteiger partial charge in [0, 0.05) is 6.54 Å². The summed E-state index contributed by atoms with van der Waals surface area (Å²) in [6.07, 6.45) is 0.0714. The van der Waals surface area contributed by atoms with Crippen LogP contribution < -0.4 is 5.73 Å². The molecule has 0 heterocycles. The van der Waals surface area contributed by atoms with Crippen molar-refractivity contribution in [3.05, 3.63) is 0 Å². The van der Waals surface area contributed by atoms with Gasteiger partial charge in [-0.05, 0) is 6.92 Å². The van der Waals surface area contributed by atoms with Gasteiger partial charge in [0.05, 0.1) is 19.3 Å². The summed E-state index contributed by atoms with van der Waals surface area (Å²) in [7, 11) is 0. The molecule has 0 aromatic rings. The molecule has 0 aliphatic heterocycles. The molecule has 0 saturated heterocycles. The minimum atomic E-state index is 0.0714. The summed E-state index contributed by atoms with van der Waals surface area (Å²) in [4.78, 5) is 0. The zero-order valence-electron chi connectivity index (χ0n) is 5.13. The molecule has 0 amide bonds. The van der Waals surface area contributed by atoms with E-state index in [4.69, 9.17) is 15.6 Å². The first kappa shape index (κ1) is 7.88. The van der Waals surface area contributed by atoms with Crippen molar-refractivity contribution in [1.29, 1.82) is 0 Å². The van der Waals surface area contributed by atoms with Crippen molar-refractivity contribution in [2.75, 3.05) is 19.8 Å². The average molecular weight is 119 g/mol. The van der Waals surface area contributed by atoms with Crippen LogP contribution in [0.15, 0.2) is 0 Å². The van der Waals surface area contributed by atoms with Crippen LogP contribution in [0.2, 0.25) is 0 Å². The van der Waals surface area contributed by atoms with Crippen LogP contribution in [0.25, 0.3) is 0 Å². The van der Waals surface area contributed by atoms with E-state index in [9.17, 15) is 0 Å². The average Bonchev–Trinajstić information content (AvgIpc) is 1.83. The lowest BCUT2D eigenvalue weighted by molar-refractivity contribution is 0.0441. The number of aliphatic hydroxyl groups is 1. The normalized spacial score (nSPS) is 13.9. The Labute approximate surface area is 49.4 Å². The molecule has 3 nitrogen and oxygen atoms in total. The van der Waals surface area contributed by atoms with Gasteiger partial charge in [-0.1, -0.05) is 0 Å². The fourth-order valence-corrected chi connectivity index (χ4v) is 0.322. The summed E-state index contributed by atoms with van der Waals surface area (Å²) < 4.78 is 4.97. The third-order valence-corrected chi connectivity index (χ3v) is 0.826. The number of hydrogen-bond donors (Lipinski definition) is 2. The van der Waals surface area contributed by atoms with Crippen LogP contribution in [0.5, 0.6) is 0 Å². The van der Waals surface area contributed by atoms with Crippen molar-refractivity contribution in [2.45, 2.75) is 13.0 Å². The van der Waals surface area contributed by atoms with Gasteiger partial charge in [-0.25, -0.2) is 0 Å². The fourth-order valence-electron chi connectivity index (χ4n) is 0.322. The van der Waals surface area contributed by atoms with E-state index in [0.29, 0.717) is 13.2 Å². The van der Waals surface area contributed by atoms with Crippen molar-refractivity contribution in [3.63, 3.8) is 0 Å². The Bertz CT molecular complexity index is 49.7. The third kappa shape index (κ3) is 4.05. The molecule has 0 radical (unpaired) electrons. The van der Waals surface area contributed by atoms with Gasteiger partial charge in [-0.2, -0.15) is 0 Å². The highest BCUT2D eigenvalue weighted by atomic mass is 16.5. The minimum Gasteiger partial charge on any atom is -0.394 e. The molecule has 3 heteroatoms.